The van der Waals surface area contributed by atoms with Crippen molar-refractivity contribution in [1.82, 2.24) is 15.3 Å². The lowest BCUT2D eigenvalue weighted by atomic mass is 10.0. The summed E-state index contributed by atoms with van der Waals surface area (Å²) in [6, 6.07) is 7.39. The van der Waals surface area contributed by atoms with Crippen LogP contribution < -0.4 is 10.2 Å². The number of carbonyl (C=O) groups is 1. The van der Waals surface area contributed by atoms with Crippen LogP contribution in [-0.4, -0.2) is 29.0 Å². The quantitative estimate of drug-likeness (QED) is 0.924. The van der Waals surface area contributed by atoms with Crippen LogP contribution in [0.5, 0.6) is 0 Å². The molecule has 0 spiro atoms. The van der Waals surface area contributed by atoms with Gasteiger partial charge in [0.25, 0.3) is 5.91 Å². The lowest BCUT2D eigenvalue weighted by Gasteiger charge is -2.30. The maximum Gasteiger partial charge on any atom is 0.254 e. The fraction of sp³-hybridized carbons (Fsp3) is 0.389. The van der Waals surface area contributed by atoms with Crippen LogP contribution >= 0.6 is 11.6 Å². The average molecular weight is 345 g/mol. The predicted molar refractivity (Wildman–Crippen MR) is 95.3 cm³/mol. The van der Waals surface area contributed by atoms with E-state index in [0.717, 1.165) is 25.1 Å². The highest BCUT2D eigenvalue weighted by Crippen LogP contribution is 2.19. The molecule has 1 atom stereocenters. The van der Waals surface area contributed by atoms with Crippen molar-refractivity contribution < 1.29 is 4.79 Å². The number of aromatic nitrogens is 2. The smallest absolute Gasteiger partial charge is 0.254 e. The Morgan fingerprint density at radius 1 is 1.29 bits per heavy atom. The zero-order valence-corrected chi connectivity index (χ0v) is 14.5. The molecule has 0 saturated carbocycles. The van der Waals surface area contributed by atoms with Crippen LogP contribution in [0.2, 0.25) is 5.02 Å². The zero-order chi connectivity index (χ0) is 16.9. The number of hydrogen-bond acceptors (Lipinski definition) is 4. The molecule has 1 fully saturated rings. The first-order valence-electron chi connectivity index (χ1n) is 8.21. The van der Waals surface area contributed by atoms with E-state index in [1.165, 1.54) is 6.42 Å². The summed E-state index contributed by atoms with van der Waals surface area (Å²) in [4.78, 5) is 23.1. The van der Waals surface area contributed by atoms with Crippen molar-refractivity contribution in [2.75, 3.05) is 18.0 Å². The molecule has 2 heterocycles. The van der Waals surface area contributed by atoms with Crippen LogP contribution in [0.15, 0.2) is 36.7 Å². The van der Waals surface area contributed by atoms with E-state index < -0.39 is 0 Å². The fourth-order valence-corrected chi connectivity index (χ4v) is 2.99. The van der Waals surface area contributed by atoms with E-state index in [-0.39, 0.29) is 5.91 Å². The highest BCUT2D eigenvalue weighted by atomic mass is 35.5. The second-order valence-electron chi connectivity index (χ2n) is 6.27. The van der Waals surface area contributed by atoms with Gasteiger partial charge in [-0.1, -0.05) is 30.7 Å². The SMILES string of the molecule is CC1CCCN(c2ncc(C(=O)NCc3ccc(Cl)cc3)cn2)C1. The van der Waals surface area contributed by atoms with E-state index >= 15 is 0 Å². The number of nitrogens with one attached hydrogen (secondary N) is 1. The van der Waals surface area contributed by atoms with Gasteiger partial charge in [-0.25, -0.2) is 9.97 Å². The number of amides is 1. The monoisotopic (exact) mass is 344 g/mol. The normalized spacial score (nSPS) is 17.6. The first-order chi connectivity index (χ1) is 11.6. The van der Waals surface area contributed by atoms with Gasteiger partial charge in [0.05, 0.1) is 5.56 Å². The number of hydrogen-bond donors (Lipinski definition) is 1. The number of benzene rings is 1. The summed E-state index contributed by atoms with van der Waals surface area (Å²) in [5, 5.41) is 3.55. The van der Waals surface area contributed by atoms with Gasteiger partial charge in [0.15, 0.2) is 0 Å². The number of anilines is 1. The number of halogens is 1. The standard InChI is InChI=1S/C18H21ClN4O/c1-13-3-2-8-23(12-13)18-21-10-15(11-22-18)17(24)20-9-14-4-6-16(19)7-5-14/h4-7,10-11,13H,2-3,8-9,12H2,1H3,(H,20,24). The van der Waals surface area contributed by atoms with E-state index in [1.54, 1.807) is 24.5 Å². The third kappa shape index (κ3) is 4.23. The van der Waals surface area contributed by atoms with Crippen molar-refractivity contribution in [3.05, 3.63) is 52.8 Å². The van der Waals surface area contributed by atoms with Gasteiger partial charge in [-0.15, -0.1) is 0 Å². The summed E-state index contributed by atoms with van der Waals surface area (Å²) in [6.07, 6.45) is 5.60. The number of rotatable bonds is 4. The molecular formula is C18H21ClN4O. The van der Waals surface area contributed by atoms with Gasteiger partial charge in [0.1, 0.15) is 0 Å². The van der Waals surface area contributed by atoms with Crippen molar-refractivity contribution >= 4 is 23.5 Å². The maximum atomic E-state index is 12.2. The van der Waals surface area contributed by atoms with E-state index in [1.807, 2.05) is 12.1 Å². The van der Waals surface area contributed by atoms with Crippen LogP contribution in [0.1, 0.15) is 35.7 Å². The van der Waals surface area contributed by atoms with Gasteiger partial charge < -0.3 is 10.2 Å². The molecule has 1 aromatic carbocycles. The lowest BCUT2D eigenvalue weighted by molar-refractivity contribution is 0.0950. The third-order valence-electron chi connectivity index (χ3n) is 4.21. The lowest BCUT2D eigenvalue weighted by Crippen LogP contribution is -2.35. The topological polar surface area (TPSA) is 58.1 Å². The summed E-state index contributed by atoms with van der Waals surface area (Å²) in [7, 11) is 0. The van der Waals surface area contributed by atoms with Gasteiger partial charge in [0, 0.05) is 37.1 Å². The van der Waals surface area contributed by atoms with Crippen molar-refractivity contribution in [2.45, 2.75) is 26.3 Å². The molecule has 1 aromatic heterocycles. The molecule has 1 saturated heterocycles. The molecule has 1 unspecified atom stereocenters. The molecule has 3 rings (SSSR count). The van der Waals surface area contributed by atoms with Crippen molar-refractivity contribution in [2.24, 2.45) is 5.92 Å². The van der Waals surface area contributed by atoms with Crippen LogP contribution in [0.4, 0.5) is 5.95 Å². The second-order valence-corrected chi connectivity index (χ2v) is 6.71. The van der Waals surface area contributed by atoms with Crippen molar-refractivity contribution in [3.8, 4) is 0 Å². The number of nitrogens with zero attached hydrogens (tertiary/aromatic N) is 3. The van der Waals surface area contributed by atoms with Crippen LogP contribution in [0, 0.1) is 5.92 Å². The summed E-state index contributed by atoms with van der Waals surface area (Å²) in [5.74, 6) is 1.18. The minimum atomic E-state index is -0.177. The summed E-state index contributed by atoms with van der Waals surface area (Å²) >= 11 is 5.85. The van der Waals surface area contributed by atoms with Gasteiger partial charge in [0.2, 0.25) is 5.95 Å². The Hall–Kier alpha value is -2.14. The predicted octanol–water partition coefficient (Wildman–Crippen LogP) is 3.30. The van der Waals surface area contributed by atoms with Gasteiger partial charge >= 0.3 is 0 Å². The van der Waals surface area contributed by atoms with Gasteiger partial charge in [-0.05, 0) is 36.5 Å². The van der Waals surface area contributed by atoms with Crippen LogP contribution in [0.25, 0.3) is 0 Å². The molecular weight excluding hydrogens is 324 g/mol. The molecule has 1 N–H and O–H groups in total. The van der Waals surface area contributed by atoms with Crippen LogP contribution in [-0.2, 0) is 6.54 Å². The maximum absolute atomic E-state index is 12.2. The van der Waals surface area contributed by atoms with E-state index in [4.69, 9.17) is 11.6 Å². The number of carbonyl (C=O) groups excluding carboxylic acids is 1. The molecule has 0 radical (unpaired) electrons. The summed E-state index contributed by atoms with van der Waals surface area (Å²) < 4.78 is 0. The molecule has 24 heavy (non-hydrogen) atoms. The Morgan fingerprint density at radius 3 is 2.67 bits per heavy atom. The first kappa shape index (κ1) is 16.7. The van der Waals surface area contributed by atoms with Crippen molar-refractivity contribution in [1.29, 1.82) is 0 Å². The Morgan fingerprint density at radius 2 is 2.00 bits per heavy atom. The average Bonchev–Trinajstić information content (AvgIpc) is 2.61. The number of piperidine rings is 1. The minimum absolute atomic E-state index is 0.177. The Labute approximate surface area is 147 Å². The second kappa shape index (κ2) is 7.62. The molecule has 126 valence electrons. The molecule has 2 aromatic rings. The van der Waals surface area contributed by atoms with Gasteiger partial charge in [-0.2, -0.15) is 0 Å². The largest absolute Gasteiger partial charge is 0.348 e. The molecule has 1 amide bonds. The zero-order valence-electron chi connectivity index (χ0n) is 13.7. The fourth-order valence-electron chi connectivity index (χ4n) is 2.86. The summed E-state index contributed by atoms with van der Waals surface area (Å²) in [5.41, 5.74) is 1.46. The van der Waals surface area contributed by atoms with E-state index in [0.29, 0.717) is 29.0 Å². The Balaban J connectivity index is 1.58. The molecule has 1 aliphatic rings. The van der Waals surface area contributed by atoms with Crippen molar-refractivity contribution in [3.63, 3.8) is 0 Å². The molecule has 1 aliphatic heterocycles. The highest BCUT2D eigenvalue weighted by Gasteiger charge is 2.18. The van der Waals surface area contributed by atoms with E-state index in [2.05, 4.69) is 27.1 Å². The molecule has 0 aliphatic carbocycles. The van der Waals surface area contributed by atoms with E-state index in [9.17, 15) is 4.79 Å². The molecule has 6 heteroatoms. The minimum Gasteiger partial charge on any atom is -0.348 e. The summed E-state index contributed by atoms with van der Waals surface area (Å²) in [6.45, 7) is 4.64. The third-order valence-corrected chi connectivity index (χ3v) is 4.46. The van der Waals surface area contributed by atoms with Gasteiger partial charge in [-0.3, -0.25) is 4.79 Å². The molecule has 0 bridgehead atoms. The highest BCUT2D eigenvalue weighted by molar-refractivity contribution is 6.30. The first-order valence-corrected chi connectivity index (χ1v) is 8.59. The Kier molecular flexibility index (Phi) is 5.30. The Bertz CT molecular complexity index is 687. The van der Waals surface area contributed by atoms with Crippen LogP contribution in [0.3, 0.4) is 0 Å². The molecule has 5 nitrogen and oxygen atoms in total.